The van der Waals surface area contributed by atoms with E-state index in [1.807, 2.05) is 36.4 Å². The number of carboxylic acid groups (broad SMARTS) is 1. The largest absolute Gasteiger partial charge is 0.479 e. The molecule has 2 atom stereocenters. The van der Waals surface area contributed by atoms with Crippen LogP contribution >= 0.6 is 0 Å². The Morgan fingerprint density at radius 3 is 2.16 bits per heavy atom. The Hall–Kier alpha value is -2.95. The summed E-state index contributed by atoms with van der Waals surface area (Å²) in [4.78, 5) is 35.9. The maximum atomic E-state index is 12.2. The van der Waals surface area contributed by atoms with Gasteiger partial charge in [-0.15, -0.1) is 0 Å². The van der Waals surface area contributed by atoms with Crippen LogP contribution in [0.2, 0.25) is 0 Å². The van der Waals surface area contributed by atoms with Crippen LogP contribution in [0.4, 0.5) is 0 Å². The first-order chi connectivity index (χ1) is 12.0. The molecular weight excluding hydrogens is 318 g/mol. The zero-order valence-corrected chi connectivity index (χ0v) is 13.6. The van der Waals surface area contributed by atoms with Crippen molar-refractivity contribution in [3.05, 3.63) is 71.8 Å². The lowest BCUT2D eigenvalue weighted by Crippen LogP contribution is -2.44. The van der Waals surface area contributed by atoms with E-state index in [-0.39, 0.29) is 24.5 Å². The number of Topliss-reactive ketones (excluding diaryl/α,β-unsaturated/α-hetero) is 1. The fourth-order valence-electron chi connectivity index (χ4n) is 3.09. The van der Waals surface area contributed by atoms with Gasteiger partial charge in [0.05, 0.1) is 0 Å². The minimum Gasteiger partial charge on any atom is -0.479 e. The molecule has 3 rings (SSSR count). The molecule has 1 fully saturated rings. The lowest BCUT2D eigenvalue weighted by Gasteiger charge is -2.15. The van der Waals surface area contributed by atoms with Crippen molar-refractivity contribution in [1.82, 2.24) is 5.32 Å². The molecule has 128 valence electrons. The number of ketones is 1. The first-order valence-corrected chi connectivity index (χ1v) is 8.20. The number of amides is 1. The zero-order chi connectivity index (χ0) is 17.9. The first kappa shape index (κ1) is 16.9. The smallest absolute Gasteiger partial charge is 0.330 e. The average molecular weight is 337 g/mol. The van der Waals surface area contributed by atoms with Gasteiger partial charge in [-0.1, -0.05) is 60.7 Å². The highest BCUT2D eigenvalue weighted by Gasteiger charge is 2.62. The van der Waals surface area contributed by atoms with E-state index in [4.69, 9.17) is 0 Å². The summed E-state index contributed by atoms with van der Waals surface area (Å²) in [5, 5.41) is 12.2. The Morgan fingerprint density at radius 1 is 0.960 bits per heavy atom. The quantitative estimate of drug-likeness (QED) is 0.761. The summed E-state index contributed by atoms with van der Waals surface area (Å²) in [5.41, 5.74) is 0.191. The van der Waals surface area contributed by atoms with Gasteiger partial charge in [0.2, 0.25) is 5.91 Å². The SMILES string of the molecule is O=C(CCC(=O)c1ccccc1)NC1(C(=O)O)CC1c1ccccc1. The summed E-state index contributed by atoms with van der Waals surface area (Å²) in [6, 6.07) is 18.0. The van der Waals surface area contributed by atoms with E-state index < -0.39 is 17.4 Å². The van der Waals surface area contributed by atoms with Crippen LogP contribution in [0.1, 0.15) is 41.1 Å². The molecular formula is C20H19NO4. The molecule has 2 aromatic rings. The van der Waals surface area contributed by atoms with E-state index in [9.17, 15) is 19.5 Å². The molecule has 0 saturated heterocycles. The lowest BCUT2D eigenvalue weighted by molar-refractivity contribution is -0.143. The van der Waals surface area contributed by atoms with Crippen LogP contribution in [0.25, 0.3) is 0 Å². The van der Waals surface area contributed by atoms with Crippen LogP contribution in [0.15, 0.2) is 60.7 Å². The van der Waals surface area contributed by atoms with Crippen LogP contribution < -0.4 is 5.32 Å². The monoisotopic (exact) mass is 337 g/mol. The Bertz CT molecular complexity index is 788. The molecule has 5 nitrogen and oxygen atoms in total. The minimum absolute atomic E-state index is 0.0235. The number of carboxylic acids is 1. The third-order valence-electron chi connectivity index (χ3n) is 4.58. The van der Waals surface area contributed by atoms with Gasteiger partial charge in [-0.05, 0) is 12.0 Å². The number of benzene rings is 2. The van der Waals surface area contributed by atoms with Gasteiger partial charge in [-0.2, -0.15) is 0 Å². The molecule has 25 heavy (non-hydrogen) atoms. The molecule has 1 aliphatic rings. The van der Waals surface area contributed by atoms with Crippen molar-refractivity contribution < 1.29 is 19.5 Å². The molecule has 2 aromatic carbocycles. The van der Waals surface area contributed by atoms with Crippen LogP contribution in [-0.2, 0) is 9.59 Å². The van der Waals surface area contributed by atoms with E-state index in [2.05, 4.69) is 5.32 Å². The number of nitrogens with one attached hydrogen (secondary N) is 1. The van der Waals surface area contributed by atoms with Gasteiger partial charge in [0.15, 0.2) is 5.78 Å². The number of hydrogen-bond donors (Lipinski definition) is 2. The van der Waals surface area contributed by atoms with Gasteiger partial charge < -0.3 is 10.4 Å². The highest BCUT2D eigenvalue weighted by molar-refractivity contribution is 5.98. The lowest BCUT2D eigenvalue weighted by atomic mass is 10.0. The zero-order valence-electron chi connectivity index (χ0n) is 13.6. The standard InChI is InChI=1S/C20H19NO4/c22-17(15-9-5-2-6-10-15)11-12-18(23)21-20(19(24)25)13-16(20)14-7-3-1-4-8-14/h1-10,16H,11-13H2,(H,21,23)(H,24,25). The molecule has 0 bridgehead atoms. The number of carbonyl (C=O) groups excluding carboxylic acids is 2. The van der Waals surface area contributed by atoms with Gasteiger partial charge in [0.1, 0.15) is 5.54 Å². The summed E-state index contributed by atoms with van der Waals surface area (Å²) in [7, 11) is 0. The topological polar surface area (TPSA) is 83.5 Å². The number of hydrogen-bond acceptors (Lipinski definition) is 3. The predicted molar refractivity (Wildman–Crippen MR) is 92.3 cm³/mol. The number of carbonyl (C=O) groups is 3. The predicted octanol–water partition coefficient (Wildman–Crippen LogP) is 2.78. The van der Waals surface area contributed by atoms with Gasteiger partial charge in [-0.25, -0.2) is 4.79 Å². The number of aliphatic carboxylic acids is 1. The van der Waals surface area contributed by atoms with E-state index in [1.165, 1.54) is 0 Å². The Kier molecular flexibility index (Phi) is 4.65. The summed E-state index contributed by atoms with van der Waals surface area (Å²) >= 11 is 0. The van der Waals surface area contributed by atoms with Gasteiger partial charge in [0, 0.05) is 24.3 Å². The molecule has 5 heteroatoms. The van der Waals surface area contributed by atoms with Gasteiger partial charge in [-0.3, -0.25) is 9.59 Å². The molecule has 0 aromatic heterocycles. The third kappa shape index (κ3) is 3.60. The normalized spacial score (nSPS) is 21.4. The minimum atomic E-state index is -1.26. The van der Waals surface area contributed by atoms with E-state index in [0.717, 1.165) is 5.56 Å². The van der Waals surface area contributed by atoms with Crippen molar-refractivity contribution in [2.75, 3.05) is 0 Å². The molecule has 1 amide bonds. The molecule has 2 N–H and O–H groups in total. The molecule has 0 aliphatic heterocycles. The molecule has 0 heterocycles. The highest BCUT2D eigenvalue weighted by Crippen LogP contribution is 2.51. The fraction of sp³-hybridized carbons (Fsp3) is 0.250. The van der Waals surface area contributed by atoms with E-state index in [0.29, 0.717) is 12.0 Å². The second kappa shape index (κ2) is 6.89. The third-order valence-corrected chi connectivity index (χ3v) is 4.58. The summed E-state index contributed by atoms with van der Waals surface area (Å²) in [6.45, 7) is 0. The van der Waals surface area contributed by atoms with Crippen molar-refractivity contribution in [1.29, 1.82) is 0 Å². The van der Waals surface area contributed by atoms with Crippen molar-refractivity contribution >= 4 is 17.7 Å². The molecule has 0 spiro atoms. The Balaban J connectivity index is 1.60. The van der Waals surface area contributed by atoms with Crippen molar-refractivity contribution in [2.24, 2.45) is 0 Å². The van der Waals surface area contributed by atoms with Crippen LogP contribution in [0.5, 0.6) is 0 Å². The molecule has 2 unspecified atom stereocenters. The van der Waals surface area contributed by atoms with Crippen molar-refractivity contribution in [3.8, 4) is 0 Å². The van der Waals surface area contributed by atoms with Gasteiger partial charge >= 0.3 is 5.97 Å². The van der Waals surface area contributed by atoms with Crippen LogP contribution in [-0.4, -0.2) is 28.3 Å². The maximum Gasteiger partial charge on any atom is 0.330 e. The molecule has 0 radical (unpaired) electrons. The summed E-state index contributed by atoms with van der Waals surface area (Å²) in [5.74, 6) is -1.82. The van der Waals surface area contributed by atoms with Crippen LogP contribution in [0, 0.1) is 0 Å². The Labute approximate surface area is 145 Å². The Morgan fingerprint density at radius 2 is 1.56 bits per heavy atom. The van der Waals surface area contributed by atoms with Gasteiger partial charge in [0.25, 0.3) is 0 Å². The van der Waals surface area contributed by atoms with Crippen molar-refractivity contribution in [2.45, 2.75) is 30.7 Å². The second-order valence-electron chi connectivity index (χ2n) is 6.28. The first-order valence-electron chi connectivity index (χ1n) is 8.20. The number of rotatable bonds is 7. The highest BCUT2D eigenvalue weighted by atomic mass is 16.4. The maximum absolute atomic E-state index is 12.2. The summed E-state index contributed by atoms with van der Waals surface area (Å²) in [6.07, 6.45) is 0.399. The van der Waals surface area contributed by atoms with Crippen LogP contribution in [0.3, 0.4) is 0 Å². The molecule has 1 aliphatic carbocycles. The second-order valence-corrected chi connectivity index (χ2v) is 6.28. The van der Waals surface area contributed by atoms with Crippen molar-refractivity contribution in [3.63, 3.8) is 0 Å². The van der Waals surface area contributed by atoms with E-state index in [1.54, 1.807) is 24.3 Å². The summed E-state index contributed by atoms with van der Waals surface area (Å²) < 4.78 is 0. The average Bonchev–Trinajstić information content (AvgIpc) is 3.37. The fourth-order valence-corrected chi connectivity index (χ4v) is 3.09. The van der Waals surface area contributed by atoms with E-state index >= 15 is 0 Å². The molecule has 1 saturated carbocycles.